The predicted molar refractivity (Wildman–Crippen MR) is 67.3 cm³/mol. The van der Waals surface area contributed by atoms with Gasteiger partial charge in [0.15, 0.2) is 0 Å². The molecule has 0 aromatic rings. The Morgan fingerprint density at radius 3 is 1.53 bits per heavy atom. The average Bonchev–Trinajstić information content (AvgIpc) is 2.34. The van der Waals surface area contributed by atoms with Gasteiger partial charge in [0.25, 0.3) is 0 Å². The van der Waals surface area contributed by atoms with Gasteiger partial charge < -0.3 is 31.9 Å². The normalized spacial score (nSPS) is 12.0. The van der Waals surface area contributed by atoms with Gasteiger partial charge in [-0.05, 0) is 6.42 Å². The van der Waals surface area contributed by atoms with Crippen molar-refractivity contribution in [2.45, 2.75) is 19.8 Å². The predicted octanol–water partition coefficient (Wildman–Crippen LogP) is 2.24. The first kappa shape index (κ1) is 18.7. The standard InChI is InChI=1S/C11H23BF3O4/c1-2-3-4-16-5-6-17-7-8-18-9-10-19-11-12(13,14)15/h2-11H2,1H3/q-1. The first-order chi connectivity index (χ1) is 9.06. The van der Waals surface area contributed by atoms with Crippen LogP contribution in [0.1, 0.15) is 19.8 Å². The number of hydrogen-bond acceptors (Lipinski definition) is 4. The highest BCUT2D eigenvalue weighted by Gasteiger charge is 2.22. The molecule has 8 heteroatoms. The molecular weight excluding hydrogens is 264 g/mol. The molecule has 0 rings (SSSR count). The Hall–Kier alpha value is -0.305. The fourth-order valence-corrected chi connectivity index (χ4v) is 1.12. The fraction of sp³-hybridized carbons (Fsp3) is 1.00. The molecule has 116 valence electrons. The molecule has 0 saturated heterocycles. The molecule has 0 unspecified atom stereocenters. The highest BCUT2D eigenvalue weighted by atomic mass is 19.4. The summed E-state index contributed by atoms with van der Waals surface area (Å²) in [4.78, 5) is 0. The van der Waals surface area contributed by atoms with Crippen LogP contribution in [0.5, 0.6) is 0 Å². The summed E-state index contributed by atoms with van der Waals surface area (Å²) >= 11 is 0. The van der Waals surface area contributed by atoms with Gasteiger partial charge in [-0.25, -0.2) is 0 Å². The minimum absolute atomic E-state index is 0.0542. The largest absolute Gasteiger partial charge is 0.503 e. The molecule has 0 bridgehead atoms. The van der Waals surface area contributed by atoms with Crippen LogP contribution in [-0.4, -0.2) is 59.7 Å². The highest BCUT2D eigenvalue weighted by Crippen LogP contribution is 2.07. The van der Waals surface area contributed by atoms with E-state index in [1.165, 1.54) is 0 Å². The smallest absolute Gasteiger partial charge is 0.447 e. The lowest BCUT2D eigenvalue weighted by Gasteiger charge is -2.13. The number of unbranched alkanes of at least 4 members (excludes halogenated alkanes) is 1. The maximum atomic E-state index is 11.7. The van der Waals surface area contributed by atoms with E-state index in [1.54, 1.807) is 0 Å². The molecule has 4 nitrogen and oxygen atoms in total. The lowest BCUT2D eigenvalue weighted by molar-refractivity contribution is 0.000272. The Morgan fingerprint density at radius 2 is 1.11 bits per heavy atom. The Morgan fingerprint density at radius 1 is 0.684 bits per heavy atom. The first-order valence-corrected chi connectivity index (χ1v) is 6.58. The van der Waals surface area contributed by atoms with Crippen molar-refractivity contribution in [2.75, 3.05) is 52.8 Å². The molecule has 0 fully saturated rings. The Labute approximate surface area is 112 Å². The molecule has 0 amide bonds. The van der Waals surface area contributed by atoms with E-state index < -0.39 is 13.5 Å². The second kappa shape index (κ2) is 12.7. The zero-order valence-corrected chi connectivity index (χ0v) is 11.4. The number of hydrogen-bond donors (Lipinski definition) is 0. The lowest BCUT2D eigenvalue weighted by atomic mass is 9.95. The van der Waals surface area contributed by atoms with E-state index in [-0.39, 0.29) is 13.2 Å². The third kappa shape index (κ3) is 17.7. The van der Waals surface area contributed by atoms with Crippen molar-refractivity contribution < 1.29 is 31.9 Å². The molecule has 0 aliphatic heterocycles. The first-order valence-electron chi connectivity index (χ1n) is 6.58. The van der Waals surface area contributed by atoms with E-state index in [2.05, 4.69) is 11.7 Å². The zero-order valence-electron chi connectivity index (χ0n) is 11.4. The van der Waals surface area contributed by atoms with E-state index in [0.29, 0.717) is 26.4 Å². The van der Waals surface area contributed by atoms with Crippen LogP contribution >= 0.6 is 0 Å². The summed E-state index contributed by atoms with van der Waals surface area (Å²) in [5.74, 6) is 0. The van der Waals surface area contributed by atoms with Gasteiger partial charge in [0, 0.05) is 13.1 Å². The number of ether oxygens (including phenoxy) is 4. The zero-order chi connectivity index (χ0) is 14.4. The van der Waals surface area contributed by atoms with E-state index in [1.807, 2.05) is 0 Å². The van der Waals surface area contributed by atoms with Gasteiger partial charge in [-0.3, -0.25) is 0 Å². The van der Waals surface area contributed by atoms with Crippen LogP contribution < -0.4 is 0 Å². The highest BCUT2D eigenvalue weighted by molar-refractivity contribution is 6.58. The Bertz CT molecular complexity index is 193. The van der Waals surface area contributed by atoms with E-state index in [4.69, 9.17) is 14.2 Å². The average molecular weight is 287 g/mol. The van der Waals surface area contributed by atoms with E-state index in [0.717, 1.165) is 19.4 Å². The van der Waals surface area contributed by atoms with Crippen molar-refractivity contribution in [2.24, 2.45) is 0 Å². The van der Waals surface area contributed by atoms with Gasteiger partial charge in [0.05, 0.1) is 39.6 Å². The van der Waals surface area contributed by atoms with Crippen LogP contribution in [0, 0.1) is 0 Å². The summed E-state index contributed by atoms with van der Waals surface area (Å²) in [5.41, 5.74) is 0. The molecule has 0 aromatic carbocycles. The SMILES string of the molecule is CCCCOCCOCCOCCOC[B-](F)(F)F. The fourth-order valence-electron chi connectivity index (χ4n) is 1.12. The van der Waals surface area contributed by atoms with Crippen LogP contribution in [0.2, 0.25) is 0 Å². The summed E-state index contributed by atoms with van der Waals surface area (Å²) in [6.45, 7) is -1.31. The minimum Gasteiger partial charge on any atom is -0.447 e. The maximum absolute atomic E-state index is 11.7. The molecule has 0 saturated carbocycles. The van der Waals surface area contributed by atoms with Crippen LogP contribution in [0.15, 0.2) is 0 Å². The van der Waals surface area contributed by atoms with E-state index in [9.17, 15) is 12.9 Å². The summed E-state index contributed by atoms with van der Waals surface area (Å²) in [6, 6.07) is 0. The lowest BCUT2D eigenvalue weighted by Crippen LogP contribution is -2.25. The summed E-state index contributed by atoms with van der Waals surface area (Å²) < 4.78 is 55.2. The summed E-state index contributed by atoms with van der Waals surface area (Å²) in [5, 5.41) is 0. The maximum Gasteiger partial charge on any atom is 0.503 e. The minimum atomic E-state index is -4.86. The molecule has 0 aromatic heterocycles. The van der Waals surface area contributed by atoms with Gasteiger partial charge in [-0.1, -0.05) is 13.3 Å². The van der Waals surface area contributed by atoms with Gasteiger partial charge in [0.1, 0.15) is 0 Å². The van der Waals surface area contributed by atoms with Crippen molar-refractivity contribution in [1.29, 1.82) is 0 Å². The summed E-state index contributed by atoms with van der Waals surface area (Å²) in [6.07, 6.45) is 2.15. The van der Waals surface area contributed by atoms with Gasteiger partial charge in [0.2, 0.25) is 0 Å². The molecule has 0 aliphatic rings. The van der Waals surface area contributed by atoms with Crippen molar-refractivity contribution >= 4 is 6.98 Å². The van der Waals surface area contributed by atoms with Crippen LogP contribution in [-0.2, 0) is 18.9 Å². The molecular formula is C11H23BF3O4-. The van der Waals surface area contributed by atoms with Crippen molar-refractivity contribution in [1.82, 2.24) is 0 Å². The molecule has 0 radical (unpaired) electrons. The third-order valence-electron chi connectivity index (χ3n) is 2.07. The Kier molecular flexibility index (Phi) is 12.5. The summed E-state index contributed by atoms with van der Waals surface area (Å²) in [7, 11) is 0. The quantitative estimate of drug-likeness (QED) is 0.363. The Balaban J connectivity index is 2.99. The van der Waals surface area contributed by atoms with Gasteiger partial charge in [-0.15, -0.1) is 0 Å². The van der Waals surface area contributed by atoms with Crippen molar-refractivity contribution in [3.8, 4) is 0 Å². The molecule has 0 heterocycles. The van der Waals surface area contributed by atoms with Crippen LogP contribution in [0.25, 0.3) is 0 Å². The van der Waals surface area contributed by atoms with Crippen molar-refractivity contribution in [3.05, 3.63) is 0 Å². The van der Waals surface area contributed by atoms with Crippen LogP contribution in [0.3, 0.4) is 0 Å². The van der Waals surface area contributed by atoms with E-state index >= 15 is 0 Å². The molecule has 0 aliphatic carbocycles. The van der Waals surface area contributed by atoms with Crippen LogP contribution in [0.4, 0.5) is 12.9 Å². The molecule has 0 atom stereocenters. The second-order valence-corrected chi connectivity index (χ2v) is 3.98. The molecule has 0 spiro atoms. The monoisotopic (exact) mass is 287 g/mol. The van der Waals surface area contributed by atoms with Crippen molar-refractivity contribution in [3.63, 3.8) is 0 Å². The molecule has 19 heavy (non-hydrogen) atoms. The second-order valence-electron chi connectivity index (χ2n) is 3.98. The topological polar surface area (TPSA) is 36.9 Å². The third-order valence-corrected chi connectivity index (χ3v) is 2.07. The van der Waals surface area contributed by atoms with Gasteiger partial charge in [-0.2, -0.15) is 0 Å². The van der Waals surface area contributed by atoms with Gasteiger partial charge >= 0.3 is 6.98 Å². The molecule has 0 N–H and O–H groups in total. The number of halogens is 3. The number of rotatable bonds is 14.